The van der Waals surface area contributed by atoms with Crippen molar-refractivity contribution in [3.63, 3.8) is 0 Å². The molecule has 1 atom stereocenters. The molecule has 1 unspecified atom stereocenters. The van der Waals surface area contributed by atoms with Gasteiger partial charge in [-0.05, 0) is 30.4 Å². The summed E-state index contributed by atoms with van der Waals surface area (Å²) in [4.78, 5) is 14.6. The van der Waals surface area contributed by atoms with E-state index in [4.69, 9.17) is 5.73 Å². The van der Waals surface area contributed by atoms with E-state index in [-0.39, 0.29) is 0 Å². The van der Waals surface area contributed by atoms with Crippen molar-refractivity contribution in [2.45, 2.75) is 38.5 Å². The Balaban J connectivity index is 1.63. The zero-order valence-electron chi connectivity index (χ0n) is 14.9. The van der Waals surface area contributed by atoms with Gasteiger partial charge >= 0.3 is 0 Å². The Bertz CT molecular complexity index is 883. The van der Waals surface area contributed by atoms with Crippen LogP contribution in [-0.4, -0.2) is 28.0 Å². The molecule has 5 heteroatoms. The number of nitrogens with two attached hydrogens (primary N) is 1. The Labute approximate surface area is 148 Å². The lowest BCUT2D eigenvalue weighted by molar-refractivity contribution is 0.509. The van der Waals surface area contributed by atoms with E-state index in [9.17, 15) is 0 Å². The van der Waals surface area contributed by atoms with Gasteiger partial charge in [-0.1, -0.05) is 32.0 Å². The Morgan fingerprint density at radius 3 is 2.92 bits per heavy atom. The van der Waals surface area contributed by atoms with Gasteiger partial charge in [-0.25, -0.2) is 4.98 Å². The molecule has 3 aromatic rings. The molecule has 1 aliphatic rings. The molecular formula is C20H25N5. The number of hydrogen-bond acceptors (Lipinski definition) is 4. The number of H-pyrrole nitrogens is 1. The van der Waals surface area contributed by atoms with Gasteiger partial charge < -0.3 is 15.6 Å². The Hall–Kier alpha value is -2.56. The molecule has 2 aromatic heterocycles. The highest BCUT2D eigenvalue weighted by Gasteiger charge is 2.25. The summed E-state index contributed by atoms with van der Waals surface area (Å²) < 4.78 is 0. The topological polar surface area (TPSA) is 70.8 Å². The lowest BCUT2D eigenvalue weighted by Gasteiger charge is -2.34. The standard InChI is InChI=1S/C20H25N5/c1-13(2)18-10-19(24-20(21)23-18)25-9-5-6-14(12-25)16-11-22-17-8-4-3-7-15(16)17/h3-4,7-8,10-11,13-14,22H,5-6,9,12H2,1-2H3,(H2,21,23,24). The maximum atomic E-state index is 5.95. The molecule has 25 heavy (non-hydrogen) atoms. The normalized spacial score (nSPS) is 18.2. The predicted molar refractivity (Wildman–Crippen MR) is 103 cm³/mol. The number of para-hydroxylation sites is 1. The van der Waals surface area contributed by atoms with Crippen molar-refractivity contribution in [1.29, 1.82) is 0 Å². The number of aromatic amines is 1. The molecule has 3 heterocycles. The molecule has 1 fully saturated rings. The average molecular weight is 335 g/mol. The van der Waals surface area contributed by atoms with E-state index in [1.54, 1.807) is 0 Å². The lowest BCUT2D eigenvalue weighted by Crippen LogP contribution is -2.35. The molecule has 1 aromatic carbocycles. The van der Waals surface area contributed by atoms with Crippen LogP contribution in [0.25, 0.3) is 10.9 Å². The molecule has 0 spiro atoms. The maximum absolute atomic E-state index is 5.95. The number of aromatic nitrogens is 3. The highest BCUT2D eigenvalue weighted by Crippen LogP contribution is 2.34. The number of rotatable bonds is 3. The first-order valence-corrected chi connectivity index (χ1v) is 9.07. The van der Waals surface area contributed by atoms with Crippen LogP contribution >= 0.6 is 0 Å². The van der Waals surface area contributed by atoms with Crippen LogP contribution in [0.4, 0.5) is 11.8 Å². The maximum Gasteiger partial charge on any atom is 0.222 e. The summed E-state index contributed by atoms with van der Waals surface area (Å²) in [5.41, 5.74) is 9.58. The number of nitrogen functional groups attached to an aromatic ring is 1. The second-order valence-corrected chi connectivity index (χ2v) is 7.24. The number of hydrogen-bond donors (Lipinski definition) is 2. The van der Waals surface area contributed by atoms with E-state index >= 15 is 0 Å². The molecule has 0 saturated carbocycles. The van der Waals surface area contributed by atoms with Crippen LogP contribution < -0.4 is 10.6 Å². The van der Waals surface area contributed by atoms with Gasteiger partial charge in [-0.3, -0.25) is 0 Å². The molecule has 0 radical (unpaired) electrons. The summed E-state index contributed by atoms with van der Waals surface area (Å²) in [6.45, 7) is 6.26. The van der Waals surface area contributed by atoms with Crippen LogP contribution in [0.5, 0.6) is 0 Å². The van der Waals surface area contributed by atoms with Crippen LogP contribution in [0.2, 0.25) is 0 Å². The van der Waals surface area contributed by atoms with Gasteiger partial charge in [-0.2, -0.15) is 4.98 Å². The van der Waals surface area contributed by atoms with Crippen molar-refractivity contribution in [3.8, 4) is 0 Å². The summed E-state index contributed by atoms with van der Waals surface area (Å²) in [6.07, 6.45) is 4.54. The molecule has 4 rings (SSSR count). The van der Waals surface area contributed by atoms with Gasteiger partial charge in [0, 0.05) is 42.2 Å². The predicted octanol–water partition coefficient (Wildman–Crippen LogP) is 4.05. The van der Waals surface area contributed by atoms with Crippen molar-refractivity contribution < 1.29 is 0 Å². The highest BCUT2D eigenvalue weighted by molar-refractivity contribution is 5.83. The smallest absolute Gasteiger partial charge is 0.222 e. The zero-order chi connectivity index (χ0) is 17.4. The first-order valence-electron chi connectivity index (χ1n) is 9.07. The van der Waals surface area contributed by atoms with E-state index in [0.29, 0.717) is 17.8 Å². The molecule has 5 nitrogen and oxygen atoms in total. The Morgan fingerprint density at radius 2 is 2.08 bits per heavy atom. The fourth-order valence-corrected chi connectivity index (χ4v) is 3.80. The molecule has 3 N–H and O–H groups in total. The van der Waals surface area contributed by atoms with Gasteiger partial charge in [0.1, 0.15) is 5.82 Å². The van der Waals surface area contributed by atoms with Crippen LogP contribution in [0.3, 0.4) is 0 Å². The van der Waals surface area contributed by atoms with Crippen molar-refractivity contribution >= 4 is 22.7 Å². The number of piperidine rings is 1. The van der Waals surface area contributed by atoms with Crippen molar-refractivity contribution in [2.75, 3.05) is 23.7 Å². The first kappa shape index (κ1) is 15.9. The zero-order valence-corrected chi connectivity index (χ0v) is 14.9. The number of benzene rings is 1. The van der Waals surface area contributed by atoms with Crippen LogP contribution in [-0.2, 0) is 0 Å². The Morgan fingerprint density at radius 1 is 1.24 bits per heavy atom. The van der Waals surface area contributed by atoms with Gasteiger partial charge in [0.15, 0.2) is 0 Å². The van der Waals surface area contributed by atoms with E-state index in [1.807, 2.05) is 0 Å². The average Bonchev–Trinajstić information content (AvgIpc) is 3.05. The third-order valence-electron chi connectivity index (χ3n) is 5.15. The third-order valence-corrected chi connectivity index (χ3v) is 5.15. The van der Waals surface area contributed by atoms with Gasteiger partial charge in [0.05, 0.1) is 5.69 Å². The number of fused-ring (bicyclic) bond motifs is 1. The molecule has 1 saturated heterocycles. The SMILES string of the molecule is CC(C)c1cc(N2CCCC(c3c[nH]c4ccccc34)C2)nc(N)n1. The molecule has 0 amide bonds. The van der Waals surface area contributed by atoms with Crippen LogP contribution in [0, 0.1) is 0 Å². The molecule has 0 bridgehead atoms. The van der Waals surface area contributed by atoms with Crippen LogP contribution in [0.15, 0.2) is 36.5 Å². The van der Waals surface area contributed by atoms with E-state index in [1.165, 1.54) is 22.9 Å². The molecule has 0 aliphatic carbocycles. The number of nitrogens with one attached hydrogen (secondary N) is 1. The summed E-state index contributed by atoms with van der Waals surface area (Å²) >= 11 is 0. The van der Waals surface area contributed by atoms with Gasteiger partial charge in [-0.15, -0.1) is 0 Å². The molecular weight excluding hydrogens is 310 g/mol. The van der Waals surface area contributed by atoms with Gasteiger partial charge in [0.2, 0.25) is 5.95 Å². The number of nitrogens with zero attached hydrogens (tertiary/aromatic N) is 3. The monoisotopic (exact) mass is 335 g/mol. The van der Waals surface area contributed by atoms with Crippen LogP contribution in [0.1, 0.15) is 49.8 Å². The quantitative estimate of drug-likeness (QED) is 0.757. The van der Waals surface area contributed by atoms with E-state index < -0.39 is 0 Å². The summed E-state index contributed by atoms with van der Waals surface area (Å²) in [5, 5.41) is 1.33. The lowest BCUT2D eigenvalue weighted by atomic mass is 9.90. The van der Waals surface area contributed by atoms with Gasteiger partial charge in [0.25, 0.3) is 0 Å². The fourth-order valence-electron chi connectivity index (χ4n) is 3.80. The minimum Gasteiger partial charge on any atom is -0.368 e. The van der Waals surface area contributed by atoms with Crippen molar-refractivity contribution in [2.24, 2.45) is 0 Å². The van der Waals surface area contributed by atoms with E-state index in [0.717, 1.165) is 31.0 Å². The first-order chi connectivity index (χ1) is 12.1. The highest BCUT2D eigenvalue weighted by atomic mass is 15.2. The summed E-state index contributed by atoms with van der Waals surface area (Å²) in [5.74, 6) is 2.18. The minimum absolute atomic E-state index is 0.346. The second-order valence-electron chi connectivity index (χ2n) is 7.24. The minimum atomic E-state index is 0.346. The Kier molecular flexibility index (Phi) is 4.07. The summed E-state index contributed by atoms with van der Waals surface area (Å²) in [6, 6.07) is 10.6. The number of anilines is 2. The largest absolute Gasteiger partial charge is 0.368 e. The fraction of sp³-hybridized carbons (Fsp3) is 0.400. The van der Waals surface area contributed by atoms with Crippen molar-refractivity contribution in [3.05, 3.63) is 47.8 Å². The molecule has 130 valence electrons. The summed E-state index contributed by atoms with van der Waals surface area (Å²) in [7, 11) is 0. The molecule has 1 aliphatic heterocycles. The van der Waals surface area contributed by atoms with Crippen molar-refractivity contribution in [1.82, 2.24) is 15.0 Å². The second kappa shape index (κ2) is 6.39. The third kappa shape index (κ3) is 3.06. The van der Waals surface area contributed by atoms with E-state index in [2.05, 4.69) is 70.2 Å².